The van der Waals surface area contributed by atoms with Gasteiger partial charge in [-0.3, -0.25) is 9.59 Å². The summed E-state index contributed by atoms with van der Waals surface area (Å²) in [4.78, 5) is 31.3. The van der Waals surface area contributed by atoms with Gasteiger partial charge in [0.05, 0.1) is 23.3 Å². The molecule has 4 rings (SSSR count). The summed E-state index contributed by atoms with van der Waals surface area (Å²) < 4.78 is 30.3. The maximum absolute atomic E-state index is 13.8. The predicted octanol–water partition coefficient (Wildman–Crippen LogP) is 2.60. The zero-order valence-electron chi connectivity index (χ0n) is 15.4. The van der Waals surface area contributed by atoms with Crippen molar-refractivity contribution in [1.29, 1.82) is 0 Å². The molecule has 3 aromatic rings. The van der Waals surface area contributed by atoms with Crippen LogP contribution in [-0.2, 0) is 11.8 Å². The van der Waals surface area contributed by atoms with E-state index in [1.165, 1.54) is 17.0 Å². The third-order valence-electron chi connectivity index (χ3n) is 5.10. The molecule has 0 aliphatic carbocycles. The minimum atomic E-state index is -1.00. The number of imidazole rings is 1. The van der Waals surface area contributed by atoms with Crippen LogP contribution in [0.25, 0.3) is 22.5 Å². The highest BCUT2D eigenvalue weighted by Gasteiger charge is 2.33. The highest BCUT2D eigenvalue weighted by Crippen LogP contribution is 2.35. The van der Waals surface area contributed by atoms with E-state index in [1.807, 2.05) is 0 Å². The number of benzene rings is 1. The highest BCUT2D eigenvalue weighted by atomic mass is 19.2. The van der Waals surface area contributed by atoms with E-state index in [2.05, 4.69) is 4.98 Å². The van der Waals surface area contributed by atoms with Crippen molar-refractivity contribution in [3.05, 3.63) is 64.8 Å². The Morgan fingerprint density at radius 3 is 2.57 bits per heavy atom. The Hall–Kier alpha value is -3.29. The van der Waals surface area contributed by atoms with E-state index >= 15 is 0 Å². The average Bonchev–Trinajstić information content (AvgIpc) is 3.24. The van der Waals surface area contributed by atoms with Crippen LogP contribution in [0.1, 0.15) is 12.5 Å². The molecule has 6 nitrogen and oxygen atoms in total. The van der Waals surface area contributed by atoms with Crippen LogP contribution >= 0.6 is 0 Å². The predicted molar refractivity (Wildman–Crippen MR) is 99.5 cm³/mol. The zero-order chi connectivity index (χ0) is 20.0. The van der Waals surface area contributed by atoms with Gasteiger partial charge in [-0.1, -0.05) is 0 Å². The number of halogens is 2. The normalized spacial score (nSPS) is 16.8. The Bertz CT molecular complexity index is 1140. The third-order valence-corrected chi connectivity index (χ3v) is 5.10. The number of hydrogen-bond donors (Lipinski definition) is 0. The van der Waals surface area contributed by atoms with Gasteiger partial charge in [-0.05, 0) is 36.8 Å². The molecule has 1 aromatic carbocycles. The molecule has 1 aliphatic rings. The van der Waals surface area contributed by atoms with Crippen molar-refractivity contribution in [2.45, 2.75) is 12.5 Å². The smallest absolute Gasteiger partial charge is 0.259 e. The first-order valence-electron chi connectivity index (χ1n) is 8.81. The van der Waals surface area contributed by atoms with Crippen LogP contribution < -0.4 is 5.56 Å². The number of pyridine rings is 1. The SMILES string of the molecule is CN1CCC(n2cnc(-c3ccc(F)c(F)c3)c2-c2cccn(C)c2=O)C1=O. The van der Waals surface area contributed by atoms with E-state index in [4.69, 9.17) is 0 Å². The van der Waals surface area contributed by atoms with Crippen LogP contribution in [0.3, 0.4) is 0 Å². The second-order valence-corrected chi connectivity index (χ2v) is 6.88. The first-order valence-corrected chi connectivity index (χ1v) is 8.81. The van der Waals surface area contributed by atoms with Crippen molar-refractivity contribution in [3.63, 3.8) is 0 Å². The van der Waals surface area contributed by atoms with Crippen LogP contribution in [-0.4, -0.2) is 38.5 Å². The lowest BCUT2D eigenvalue weighted by atomic mass is 10.0. The Balaban J connectivity index is 1.97. The number of likely N-dealkylation sites (N-methyl/N-ethyl adjacent to an activating group) is 1. The lowest BCUT2D eigenvalue weighted by Crippen LogP contribution is -2.25. The molecule has 3 heterocycles. The molecule has 8 heteroatoms. The average molecular weight is 384 g/mol. The summed E-state index contributed by atoms with van der Waals surface area (Å²) in [7, 11) is 3.34. The van der Waals surface area contributed by atoms with Crippen LogP contribution in [0.15, 0.2) is 47.7 Å². The lowest BCUT2D eigenvalue weighted by Gasteiger charge is -2.16. The summed E-state index contributed by atoms with van der Waals surface area (Å²) in [5.41, 5.74) is 1.14. The second kappa shape index (κ2) is 6.70. The fourth-order valence-electron chi connectivity index (χ4n) is 3.56. The summed E-state index contributed by atoms with van der Waals surface area (Å²) in [6.45, 7) is 0.592. The standard InChI is InChI=1S/C20H18F2N4O2/c1-24-8-3-4-13(19(24)27)18-17(12-5-6-14(21)15(22)10-12)23-11-26(18)16-7-9-25(2)20(16)28/h3-6,8,10-11,16H,7,9H2,1-2H3. The summed E-state index contributed by atoms with van der Waals surface area (Å²) in [6.07, 6.45) is 3.68. The van der Waals surface area contributed by atoms with Crippen molar-refractivity contribution in [2.75, 3.05) is 13.6 Å². The Labute approximate surface area is 159 Å². The van der Waals surface area contributed by atoms with E-state index in [1.54, 1.807) is 41.9 Å². The van der Waals surface area contributed by atoms with Crippen molar-refractivity contribution >= 4 is 5.91 Å². The number of rotatable bonds is 3. The maximum atomic E-state index is 13.8. The molecule has 28 heavy (non-hydrogen) atoms. The van der Waals surface area contributed by atoms with E-state index in [9.17, 15) is 18.4 Å². The van der Waals surface area contributed by atoms with Gasteiger partial charge in [0.2, 0.25) is 5.91 Å². The number of nitrogens with zero attached hydrogens (tertiary/aromatic N) is 4. The number of likely N-dealkylation sites (tertiary alicyclic amines) is 1. The van der Waals surface area contributed by atoms with Crippen LogP contribution in [0.4, 0.5) is 8.78 Å². The van der Waals surface area contributed by atoms with Gasteiger partial charge in [-0.15, -0.1) is 0 Å². The monoisotopic (exact) mass is 384 g/mol. The second-order valence-electron chi connectivity index (χ2n) is 6.88. The molecule has 0 N–H and O–H groups in total. The maximum Gasteiger partial charge on any atom is 0.259 e. The molecule has 1 aliphatic heterocycles. The van der Waals surface area contributed by atoms with Gasteiger partial charge in [0.15, 0.2) is 11.6 Å². The molecule has 0 saturated carbocycles. The number of hydrogen-bond acceptors (Lipinski definition) is 3. The largest absolute Gasteiger partial charge is 0.344 e. The van der Waals surface area contributed by atoms with Crippen molar-refractivity contribution in [1.82, 2.24) is 19.0 Å². The fourth-order valence-corrected chi connectivity index (χ4v) is 3.56. The molecule has 2 aromatic heterocycles. The molecule has 1 atom stereocenters. The summed E-state index contributed by atoms with van der Waals surface area (Å²) in [6, 6.07) is 6.32. The minimum Gasteiger partial charge on any atom is -0.344 e. The number of carbonyl (C=O) groups is 1. The van der Waals surface area contributed by atoms with E-state index in [-0.39, 0.29) is 11.5 Å². The van der Waals surface area contributed by atoms with Gasteiger partial charge in [0.25, 0.3) is 5.56 Å². The number of aromatic nitrogens is 3. The lowest BCUT2D eigenvalue weighted by molar-refractivity contribution is -0.129. The minimum absolute atomic E-state index is 0.0803. The molecule has 1 unspecified atom stereocenters. The molecular weight excluding hydrogens is 366 g/mol. The van der Waals surface area contributed by atoms with Crippen LogP contribution in [0.2, 0.25) is 0 Å². The summed E-state index contributed by atoms with van der Waals surface area (Å²) in [5.74, 6) is -2.05. The molecule has 144 valence electrons. The van der Waals surface area contributed by atoms with Gasteiger partial charge in [-0.2, -0.15) is 0 Å². The van der Waals surface area contributed by atoms with Crippen molar-refractivity contribution in [2.24, 2.45) is 7.05 Å². The number of aryl methyl sites for hydroxylation is 1. The first kappa shape index (κ1) is 18.1. The van der Waals surface area contributed by atoms with Gasteiger partial charge in [0.1, 0.15) is 6.04 Å². The third kappa shape index (κ3) is 2.81. The molecular formula is C20H18F2N4O2. The highest BCUT2D eigenvalue weighted by molar-refractivity contribution is 5.85. The Kier molecular flexibility index (Phi) is 4.33. The van der Waals surface area contributed by atoms with Gasteiger partial charge < -0.3 is 14.0 Å². The fraction of sp³-hybridized carbons (Fsp3) is 0.250. The summed E-state index contributed by atoms with van der Waals surface area (Å²) in [5, 5.41) is 0. The zero-order valence-corrected chi connectivity index (χ0v) is 15.4. The quantitative estimate of drug-likeness (QED) is 0.698. The Morgan fingerprint density at radius 1 is 1.11 bits per heavy atom. The van der Waals surface area contributed by atoms with Crippen LogP contribution in [0.5, 0.6) is 0 Å². The molecule has 0 bridgehead atoms. The Morgan fingerprint density at radius 2 is 1.89 bits per heavy atom. The van der Waals surface area contributed by atoms with Crippen molar-refractivity contribution in [3.8, 4) is 22.5 Å². The van der Waals surface area contributed by atoms with E-state index < -0.39 is 17.7 Å². The topological polar surface area (TPSA) is 60.1 Å². The van der Waals surface area contributed by atoms with Crippen molar-refractivity contribution < 1.29 is 13.6 Å². The molecule has 1 amide bonds. The molecule has 0 radical (unpaired) electrons. The molecule has 0 spiro atoms. The van der Waals surface area contributed by atoms with E-state index in [0.717, 1.165) is 12.1 Å². The molecule has 1 fully saturated rings. The summed E-state index contributed by atoms with van der Waals surface area (Å²) >= 11 is 0. The van der Waals surface area contributed by atoms with Crippen LogP contribution in [0, 0.1) is 11.6 Å². The van der Waals surface area contributed by atoms with Gasteiger partial charge in [0, 0.05) is 32.4 Å². The number of carbonyl (C=O) groups excluding carboxylic acids is 1. The molecule has 1 saturated heterocycles. The van der Waals surface area contributed by atoms with E-state index in [0.29, 0.717) is 35.5 Å². The first-order chi connectivity index (χ1) is 13.4. The number of amides is 1. The van der Waals surface area contributed by atoms with Gasteiger partial charge >= 0.3 is 0 Å². The van der Waals surface area contributed by atoms with Gasteiger partial charge in [-0.25, -0.2) is 13.8 Å².